The number of H-pyrrole nitrogens is 1. The zero-order valence-corrected chi connectivity index (χ0v) is 18.4. The minimum absolute atomic E-state index is 0.0664. The number of hydrogen-bond acceptors (Lipinski definition) is 7. The highest BCUT2D eigenvalue weighted by Crippen LogP contribution is 2.31. The topological polar surface area (TPSA) is 121 Å². The van der Waals surface area contributed by atoms with E-state index in [9.17, 15) is 9.59 Å². The van der Waals surface area contributed by atoms with Gasteiger partial charge in [0.05, 0.1) is 28.6 Å². The highest BCUT2D eigenvalue weighted by molar-refractivity contribution is 7.17. The summed E-state index contributed by atoms with van der Waals surface area (Å²) >= 11 is 7.45. The van der Waals surface area contributed by atoms with Gasteiger partial charge in [0.2, 0.25) is 5.91 Å². The van der Waals surface area contributed by atoms with Gasteiger partial charge in [-0.05, 0) is 25.0 Å². The van der Waals surface area contributed by atoms with E-state index >= 15 is 0 Å². The number of nitrogens with zero attached hydrogens (tertiary/aromatic N) is 5. The Morgan fingerprint density at radius 1 is 1.19 bits per heavy atom. The van der Waals surface area contributed by atoms with Crippen LogP contribution in [0.25, 0.3) is 10.9 Å². The van der Waals surface area contributed by atoms with E-state index in [1.54, 1.807) is 35.3 Å². The van der Waals surface area contributed by atoms with Crippen molar-refractivity contribution < 1.29 is 9.59 Å². The van der Waals surface area contributed by atoms with Crippen LogP contribution in [0.1, 0.15) is 22.5 Å². The Bertz CT molecular complexity index is 1290. The Morgan fingerprint density at radius 3 is 2.88 bits per heavy atom. The quantitative estimate of drug-likeness (QED) is 0.396. The Morgan fingerprint density at radius 2 is 2.03 bits per heavy atom. The van der Waals surface area contributed by atoms with Gasteiger partial charge in [0.15, 0.2) is 10.9 Å². The first-order chi connectivity index (χ1) is 15.6. The van der Waals surface area contributed by atoms with E-state index in [-0.39, 0.29) is 18.4 Å². The van der Waals surface area contributed by atoms with Crippen molar-refractivity contribution in [2.75, 3.05) is 23.7 Å². The van der Waals surface area contributed by atoms with Gasteiger partial charge in [-0.3, -0.25) is 19.4 Å². The van der Waals surface area contributed by atoms with Gasteiger partial charge in [-0.15, -0.1) is 0 Å². The number of nitrogens with one attached hydrogen (secondary N) is 3. The molecule has 0 atom stereocenters. The third-order valence-corrected chi connectivity index (χ3v) is 6.40. The molecule has 12 heteroatoms. The summed E-state index contributed by atoms with van der Waals surface area (Å²) in [7, 11) is 0. The number of halogens is 1. The van der Waals surface area contributed by atoms with Gasteiger partial charge in [-0.2, -0.15) is 10.2 Å². The molecule has 1 aliphatic rings. The molecule has 0 saturated carbocycles. The summed E-state index contributed by atoms with van der Waals surface area (Å²) in [5, 5.41) is 18.8. The van der Waals surface area contributed by atoms with Crippen LogP contribution in [0.4, 0.5) is 16.6 Å². The summed E-state index contributed by atoms with van der Waals surface area (Å²) in [5.74, 6) is 0.288. The Kier molecular flexibility index (Phi) is 5.50. The van der Waals surface area contributed by atoms with Crippen LogP contribution in [-0.2, 0) is 11.3 Å². The van der Waals surface area contributed by atoms with E-state index in [2.05, 4.69) is 30.9 Å². The van der Waals surface area contributed by atoms with E-state index in [0.29, 0.717) is 26.5 Å². The average molecular weight is 471 g/mol. The number of hydrogen-bond donors (Lipinski definition) is 3. The summed E-state index contributed by atoms with van der Waals surface area (Å²) in [5.41, 5.74) is 1.27. The van der Waals surface area contributed by atoms with E-state index in [1.807, 2.05) is 4.90 Å². The summed E-state index contributed by atoms with van der Waals surface area (Å²) in [4.78, 5) is 31.5. The van der Waals surface area contributed by atoms with Gasteiger partial charge >= 0.3 is 0 Å². The molecule has 164 valence electrons. The fourth-order valence-electron chi connectivity index (χ4n) is 3.56. The second-order valence-corrected chi connectivity index (χ2v) is 8.79. The molecule has 0 bridgehead atoms. The highest BCUT2D eigenvalue weighted by Gasteiger charge is 2.19. The molecule has 1 aromatic carbocycles. The minimum Gasteiger partial charge on any atom is -0.341 e. The van der Waals surface area contributed by atoms with Crippen LogP contribution in [-0.4, -0.2) is 54.8 Å². The molecule has 2 amide bonds. The first-order valence-electron chi connectivity index (χ1n) is 10.0. The van der Waals surface area contributed by atoms with Gasteiger partial charge in [-0.25, -0.2) is 4.98 Å². The first-order valence-corrected chi connectivity index (χ1v) is 11.2. The number of aromatic nitrogens is 5. The standard InChI is InChI=1S/C20H19ClN8O2S/c21-13-3-4-14-12(9-23-26-14)18(13)25-19(31)15-10-22-20(32-15)24-16-5-8-29(27-16)11-17(30)28-6-1-2-7-28/h3-5,8-10H,1-2,6-7,11H2,(H,23,26)(H,25,31)(H,22,24,27). The Labute approximate surface area is 191 Å². The lowest BCUT2D eigenvalue weighted by Crippen LogP contribution is -2.31. The second kappa shape index (κ2) is 8.60. The molecule has 4 aromatic rings. The van der Waals surface area contributed by atoms with Crippen molar-refractivity contribution in [1.29, 1.82) is 0 Å². The molecule has 0 radical (unpaired) electrons. The molecular weight excluding hydrogens is 452 g/mol. The lowest BCUT2D eigenvalue weighted by molar-refractivity contribution is -0.130. The maximum atomic E-state index is 12.7. The average Bonchev–Trinajstić information content (AvgIpc) is 3.58. The number of rotatable bonds is 6. The van der Waals surface area contributed by atoms with Crippen molar-refractivity contribution in [1.82, 2.24) is 29.9 Å². The van der Waals surface area contributed by atoms with Gasteiger partial charge in [-0.1, -0.05) is 22.9 Å². The van der Waals surface area contributed by atoms with Crippen molar-refractivity contribution >= 4 is 62.3 Å². The fraction of sp³-hybridized carbons (Fsp3) is 0.250. The minimum atomic E-state index is -0.326. The number of carbonyl (C=O) groups excluding carboxylic acids is 2. The summed E-state index contributed by atoms with van der Waals surface area (Å²) < 4.78 is 1.60. The number of benzene rings is 1. The van der Waals surface area contributed by atoms with Crippen LogP contribution >= 0.6 is 22.9 Å². The third kappa shape index (κ3) is 4.16. The van der Waals surface area contributed by atoms with Crippen LogP contribution in [0.3, 0.4) is 0 Å². The van der Waals surface area contributed by atoms with Crippen molar-refractivity contribution in [2.45, 2.75) is 19.4 Å². The molecule has 3 N–H and O–H groups in total. The fourth-order valence-corrected chi connectivity index (χ4v) is 4.49. The van der Waals surface area contributed by atoms with Gasteiger partial charge in [0.25, 0.3) is 5.91 Å². The maximum Gasteiger partial charge on any atom is 0.267 e. The molecule has 1 saturated heterocycles. The summed E-state index contributed by atoms with van der Waals surface area (Å²) in [6, 6.07) is 5.26. The van der Waals surface area contributed by atoms with Crippen molar-refractivity contribution in [3.05, 3.63) is 46.7 Å². The van der Waals surface area contributed by atoms with Crippen LogP contribution in [0.2, 0.25) is 5.02 Å². The van der Waals surface area contributed by atoms with E-state index < -0.39 is 0 Å². The van der Waals surface area contributed by atoms with Gasteiger partial charge < -0.3 is 15.5 Å². The van der Waals surface area contributed by atoms with Crippen LogP contribution < -0.4 is 10.6 Å². The van der Waals surface area contributed by atoms with E-state index in [4.69, 9.17) is 11.6 Å². The molecular formula is C20H19ClN8O2S. The molecule has 5 rings (SSSR count). The smallest absolute Gasteiger partial charge is 0.267 e. The molecule has 0 aliphatic carbocycles. The molecule has 1 fully saturated rings. The number of carbonyl (C=O) groups is 2. The molecule has 32 heavy (non-hydrogen) atoms. The van der Waals surface area contributed by atoms with Crippen LogP contribution in [0.15, 0.2) is 36.8 Å². The molecule has 3 aromatic heterocycles. The van der Waals surface area contributed by atoms with E-state index in [0.717, 1.165) is 36.8 Å². The molecule has 0 unspecified atom stereocenters. The molecule has 1 aliphatic heterocycles. The monoisotopic (exact) mass is 470 g/mol. The number of fused-ring (bicyclic) bond motifs is 1. The van der Waals surface area contributed by atoms with Crippen molar-refractivity contribution in [3.63, 3.8) is 0 Å². The van der Waals surface area contributed by atoms with Gasteiger partial charge in [0, 0.05) is 30.7 Å². The van der Waals surface area contributed by atoms with Crippen LogP contribution in [0.5, 0.6) is 0 Å². The molecule has 0 spiro atoms. The SMILES string of the molecule is O=C(Nc1c(Cl)ccc2[nH]ncc12)c1cnc(Nc2ccn(CC(=O)N3CCCC3)n2)s1. The predicted molar refractivity (Wildman–Crippen MR) is 122 cm³/mol. The molecule has 10 nitrogen and oxygen atoms in total. The van der Waals surface area contributed by atoms with Crippen LogP contribution in [0, 0.1) is 0 Å². The Balaban J connectivity index is 1.23. The lowest BCUT2D eigenvalue weighted by Gasteiger charge is -2.14. The number of amides is 2. The Hall–Kier alpha value is -3.44. The molecule has 4 heterocycles. The first kappa shape index (κ1) is 20.5. The third-order valence-electron chi connectivity index (χ3n) is 5.17. The highest BCUT2D eigenvalue weighted by atomic mass is 35.5. The van der Waals surface area contributed by atoms with E-state index in [1.165, 1.54) is 17.5 Å². The number of aromatic amines is 1. The number of thiazole rings is 1. The zero-order chi connectivity index (χ0) is 22.1. The normalized spacial score (nSPS) is 13.6. The number of likely N-dealkylation sites (tertiary alicyclic amines) is 1. The zero-order valence-electron chi connectivity index (χ0n) is 16.8. The van der Waals surface area contributed by atoms with Gasteiger partial charge in [0.1, 0.15) is 11.4 Å². The predicted octanol–water partition coefficient (Wildman–Crippen LogP) is 3.49. The lowest BCUT2D eigenvalue weighted by atomic mass is 10.2. The summed E-state index contributed by atoms with van der Waals surface area (Å²) in [6.45, 7) is 1.83. The second-order valence-electron chi connectivity index (χ2n) is 7.35. The maximum absolute atomic E-state index is 12.7. The van der Waals surface area contributed by atoms with Crippen molar-refractivity contribution in [2.24, 2.45) is 0 Å². The number of anilines is 3. The summed E-state index contributed by atoms with van der Waals surface area (Å²) in [6.07, 6.45) is 6.95. The van der Waals surface area contributed by atoms with Crippen molar-refractivity contribution in [3.8, 4) is 0 Å². The largest absolute Gasteiger partial charge is 0.341 e.